The topological polar surface area (TPSA) is 38.7 Å². The summed E-state index contributed by atoms with van der Waals surface area (Å²) >= 11 is 3.68. The number of aryl methyl sites for hydroxylation is 1. The highest BCUT2D eigenvalue weighted by molar-refractivity contribution is 9.09. The first-order chi connectivity index (χ1) is 10.4. The lowest BCUT2D eigenvalue weighted by atomic mass is 9.70. The molecule has 0 aliphatic heterocycles. The SMILES string of the molecule is Cc1ccc(C(=O)O/N=C2/C[C@@H]3CC[C@@]2(C)[C@@]3(C)CBr)cc1. The highest BCUT2D eigenvalue weighted by Gasteiger charge is 2.62. The van der Waals surface area contributed by atoms with Gasteiger partial charge in [0.05, 0.1) is 11.3 Å². The highest BCUT2D eigenvalue weighted by Crippen LogP contribution is 2.64. The van der Waals surface area contributed by atoms with E-state index in [4.69, 9.17) is 4.84 Å². The number of fused-ring (bicyclic) bond motifs is 2. The van der Waals surface area contributed by atoms with Crippen molar-refractivity contribution in [2.75, 3.05) is 5.33 Å². The van der Waals surface area contributed by atoms with E-state index in [1.54, 1.807) is 12.1 Å². The Kier molecular flexibility index (Phi) is 3.92. The zero-order chi connectivity index (χ0) is 16.0. The molecule has 2 fully saturated rings. The molecule has 1 aromatic carbocycles. The summed E-state index contributed by atoms with van der Waals surface area (Å²) in [6.45, 7) is 6.58. The molecular weight excluding hydrogens is 342 g/mol. The standard InChI is InChI=1S/C18H22BrNO2/c1-12-4-6-13(7-5-12)16(21)22-20-15-10-14-8-9-17(15,2)18(14,3)11-19/h4-7,14H,8-11H2,1-3H3/b20-15-/t14-,17+,18-/m0/s1. The minimum Gasteiger partial charge on any atom is -0.313 e. The average molecular weight is 364 g/mol. The van der Waals surface area contributed by atoms with Crippen molar-refractivity contribution in [1.82, 2.24) is 0 Å². The molecular formula is C18H22BrNO2. The van der Waals surface area contributed by atoms with Crippen molar-refractivity contribution >= 4 is 27.6 Å². The molecule has 2 aliphatic carbocycles. The third-order valence-corrected chi connectivity index (χ3v) is 7.20. The van der Waals surface area contributed by atoms with Crippen molar-refractivity contribution in [3.63, 3.8) is 0 Å². The summed E-state index contributed by atoms with van der Waals surface area (Å²) in [7, 11) is 0. The van der Waals surface area contributed by atoms with Gasteiger partial charge in [-0.1, -0.05) is 52.6 Å². The second-order valence-corrected chi connectivity index (χ2v) is 7.67. The van der Waals surface area contributed by atoms with E-state index >= 15 is 0 Å². The Morgan fingerprint density at radius 3 is 2.64 bits per heavy atom. The van der Waals surface area contributed by atoms with E-state index in [0.29, 0.717) is 11.5 Å². The number of carbonyl (C=O) groups excluding carboxylic acids is 1. The van der Waals surface area contributed by atoms with Crippen LogP contribution in [-0.2, 0) is 4.84 Å². The van der Waals surface area contributed by atoms with Crippen molar-refractivity contribution in [1.29, 1.82) is 0 Å². The number of rotatable bonds is 3. The summed E-state index contributed by atoms with van der Waals surface area (Å²) in [5, 5.41) is 5.23. The third kappa shape index (κ3) is 2.23. The number of halogens is 1. The highest BCUT2D eigenvalue weighted by atomic mass is 79.9. The van der Waals surface area contributed by atoms with Crippen molar-refractivity contribution in [2.24, 2.45) is 21.9 Å². The summed E-state index contributed by atoms with van der Waals surface area (Å²) in [5.74, 6) is 0.258. The third-order valence-electron chi connectivity index (χ3n) is 6.03. The lowest BCUT2D eigenvalue weighted by Crippen LogP contribution is -2.36. The molecule has 2 saturated carbocycles. The lowest BCUT2D eigenvalue weighted by Gasteiger charge is -2.36. The zero-order valence-electron chi connectivity index (χ0n) is 13.4. The number of carbonyl (C=O) groups is 1. The molecule has 0 radical (unpaired) electrons. The van der Waals surface area contributed by atoms with Gasteiger partial charge in [-0.15, -0.1) is 0 Å². The van der Waals surface area contributed by atoms with Gasteiger partial charge in [0.2, 0.25) is 0 Å². The molecule has 0 heterocycles. The summed E-state index contributed by atoms with van der Waals surface area (Å²) < 4.78 is 0. The van der Waals surface area contributed by atoms with Crippen LogP contribution in [0.4, 0.5) is 0 Å². The minimum absolute atomic E-state index is 0.0364. The maximum atomic E-state index is 12.1. The first-order valence-electron chi connectivity index (χ1n) is 7.82. The molecule has 0 amide bonds. The van der Waals surface area contributed by atoms with Crippen molar-refractivity contribution in [3.8, 4) is 0 Å². The Morgan fingerprint density at radius 2 is 2.05 bits per heavy atom. The van der Waals surface area contributed by atoms with Crippen molar-refractivity contribution in [2.45, 2.75) is 40.0 Å². The molecule has 3 nitrogen and oxygen atoms in total. The van der Waals surface area contributed by atoms with Crippen LogP contribution in [0, 0.1) is 23.7 Å². The van der Waals surface area contributed by atoms with Crippen LogP contribution in [0.5, 0.6) is 0 Å². The van der Waals surface area contributed by atoms with Crippen LogP contribution in [0.3, 0.4) is 0 Å². The predicted octanol–water partition coefficient (Wildman–Crippen LogP) is 4.73. The average Bonchev–Trinajstić information content (AvgIpc) is 2.89. The second kappa shape index (κ2) is 5.48. The molecule has 0 saturated heterocycles. The van der Waals surface area contributed by atoms with Gasteiger partial charge in [0.1, 0.15) is 0 Å². The number of hydrogen-bond acceptors (Lipinski definition) is 3. The fourth-order valence-electron chi connectivity index (χ4n) is 4.01. The van der Waals surface area contributed by atoms with Gasteiger partial charge in [-0.25, -0.2) is 4.79 Å². The predicted molar refractivity (Wildman–Crippen MR) is 91.4 cm³/mol. The van der Waals surface area contributed by atoms with Crippen LogP contribution in [0.15, 0.2) is 29.4 Å². The Hall–Kier alpha value is -1.16. The minimum atomic E-state index is -0.376. The van der Waals surface area contributed by atoms with Crippen LogP contribution < -0.4 is 0 Å². The van der Waals surface area contributed by atoms with Crippen LogP contribution in [0.1, 0.15) is 49.0 Å². The molecule has 1 aromatic rings. The zero-order valence-corrected chi connectivity index (χ0v) is 14.9. The number of benzene rings is 1. The Morgan fingerprint density at radius 1 is 1.36 bits per heavy atom. The summed E-state index contributed by atoms with van der Waals surface area (Å²) in [6, 6.07) is 7.38. The molecule has 0 unspecified atom stereocenters. The van der Waals surface area contributed by atoms with Gasteiger partial charge in [0.15, 0.2) is 0 Å². The fraction of sp³-hybridized carbons (Fsp3) is 0.556. The van der Waals surface area contributed by atoms with Crippen LogP contribution in [0.25, 0.3) is 0 Å². The van der Waals surface area contributed by atoms with Gasteiger partial charge in [-0.3, -0.25) is 0 Å². The maximum Gasteiger partial charge on any atom is 0.365 e. The number of nitrogens with zero attached hydrogens (tertiary/aromatic N) is 1. The van der Waals surface area contributed by atoms with Crippen molar-refractivity contribution < 1.29 is 9.63 Å². The summed E-state index contributed by atoms with van der Waals surface area (Å²) in [4.78, 5) is 17.4. The maximum absolute atomic E-state index is 12.1. The number of oxime groups is 1. The largest absolute Gasteiger partial charge is 0.365 e. The van der Waals surface area contributed by atoms with Crippen molar-refractivity contribution in [3.05, 3.63) is 35.4 Å². The molecule has 22 heavy (non-hydrogen) atoms. The van der Waals surface area contributed by atoms with E-state index in [-0.39, 0.29) is 16.8 Å². The Labute approximate surface area is 140 Å². The monoisotopic (exact) mass is 363 g/mol. The molecule has 118 valence electrons. The van der Waals surface area contributed by atoms with Gasteiger partial charge in [-0.2, -0.15) is 0 Å². The smallest absolute Gasteiger partial charge is 0.313 e. The molecule has 2 aliphatic rings. The molecule has 3 rings (SSSR count). The molecule has 4 heteroatoms. The van der Waals surface area contributed by atoms with Gasteiger partial charge >= 0.3 is 5.97 Å². The van der Waals surface area contributed by atoms with E-state index in [1.165, 1.54) is 6.42 Å². The van der Waals surface area contributed by atoms with Crippen LogP contribution in [0.2, 0.25) is 0 Å². The van der Waals surface area contributed by atoms with E-state index in [9.17, 15) is 4.79 Å². The van der Waals surface area contributed by atoms with Crippen LogP contribution >= 0.6 is 15.9 Å². The quantitative estimate of drug-likeness (QED) is 0.442. The van der Waals surface area contributed by atoms with E-state index < -0.39 is 0 Å². The summed E-state index contributed by atoms with van der Waals surface area (Å²) in [5.41, 5.74) is 2.96. The Bertz CT molecular complexity index is 624. The van der Waals surface area contributed by atoms with E-state index in [1.807, 2.05) is 19.1 Å². The first kappa shape index (κ1) is 15.7. The van der Waals surface area contributed by atoms with Crippen LogP contribution in [-0.4, -0.2) is 17.0 Å². The fourth-order valence-corrected chi connectivity index (χ4v) is 5.09. The summed E-state index contributed by atoms with van der Waals surface area (Å²) in [6.07, 6.45) is 3.31. The molecule has 0 spiro atoms. The first-order valence-corrected chi connectivity index (χ1v) is 8.94. The van der Waals surface area contributed by atoms with Gasteiger partial charge in [0, 0.05) is 10.7 Å². The van der Waals surface area contributed by atoms with Gasteiger partial charge in [-0.05, 0) is 49.7 Å². The molecule has 3 atom stereocenters. The lowest BCUT2D eigenvalue weighted by molar-refractivity contribution is 0.0508. The van der Waals surface area contributed by atoms with E-state index in [0.717, 1.165) is 29.4 Å². The van der Waals surface area contributed by atoms with E-state index in [2.05, 4.69) is 34.9 Å². The number of hydrogen-bond donors (Lipinski definition) is 0. The Balaban J connectivity index is 1.77. The normalized spacial score (nSPS) is 35.1. The second-order valence-electron chi connectivity index (χ2n) is 7.11. The molecule has 2 bridgehead atoms. The molecule has 0 N–H and O–H groups in total. The molecule has 0 aromatic heterocycles. The van der Waals surface area contributed by atoms with Gasteiger partial charge < -0.3 is 4.84 Å². The van der Waals surface area contributed by atoms with Gasteiger partial charge in [0.25, 0.3) is 0 Å². The number of alkyl halides is 1.